The van der Waals surface area contributed by atoms with Gasteiger partial charge in [0.1, 0.15) is 6.42 Å². The van der Waals surface area contributed by atoms with E-state index in [1.807, 2.05) is 48.5 Å². The first kappa shape index (κ1) is 16.0. The molecule has 0 aliphatic heterocycles. The van der Waals surface area contributed by atoms with Crippen molar-refractivity contribution in [2.24, 2.45) is 0 Å². The summed E-state index contributed by atoms with van der Waals surface area (Å²) in [6.07, 6.45) is -0.806. The Kier molecular flexibility index (Phi) is 5.76. The average molecular weight is 288 g/mol. The van der Waals surface area contributed by atoms with Gasteiger partial charge in [0.15, 0.2) is 0 Å². The Morgan fingerprint density at radius 3 is 1.19 bits per heavy atom. The largest absolute Gasteiger partial charge is 0.481 e. The molecule has 0 unspecified atom stereocenters. The molecular formula is C15H16N2O4. The van der Waals surface area contributed by atoms with Gasteiger partial charge in [0, 0.05) is 11.4 Å². The van der Waals surface area contributed by atoms with E-state index < -0.39 is 18.4 Å². The summed E-state index contributed by atoms with van der Waals surface area (Å²) in [5.41, 5.74) is 15.1. The predicted molar refractivity (Wildman–Crippen MR) is 80.6 cm³/mol. The fourth-order valence-corrected chi connectivity index (χ4v) is 1.48. The maximum absolute atomic E-state index is 9.43. The van der Waals surface area contributed by atoms with Crippen molar-refractivity contribution in [3.05, 3.63) is 48.5 Å². The Morgan fingerprint density at radius 1 is 0.714 bits per heavy atom. The number of carbonyl (C=O) groups is 2. The van der Waals surface area contributed by atoms with E-state index in [4.69, 9.17) is 21.7 Å². The SMILES string of the molecule is Nc1ccc(-c2ccc(N)cc2)cc1.O=C(O)CC(=O)O. The van der Waals surface area contributed by atoms with Crippen LogP contribution in [-0.4, -0.2) is 22.2 Å². The van der Waals surface area contributed by atoms with E-state index in [9.17, 15) is 9.59 Å². The molecule has 0 bridgehead atoms. The number of nitrogens with two attached hydrogens (primary N) is 2. The van der Waals surface area contributed by atoms with Crippen molar-refractivity contribution in [3.8, 4) is 11.1 Å². The number of aliphatic carboxylic acids is 2. The van der Waals surface area contributed by atoms with Gasteiger partial charge in [-0.05, 0) is 35.4 Å². The Bertz CT molecular complexity index is 551. The monoisotopic (exact) mass is 288 g/mol. The van der Waals surface area contributed by atoms with E-state index in [2.05, 4.69) is 0 Å². The standard InChI is InChI=1S/C12H12N2.C3H4O4/c13-11-5-1-9(2-6-11)10-3-7-12(14)8-4-10;4-2(5)1-3(6)7/h1-8H,13-14H2;1H2,(H,4,5)(H,6,7). The summed E-state index contributed by atoms with van der Waals surface area (Å²) in [7, 11) is 0. The van der Waals surface area contributed by atoms with Gasteiger partial charge in [-0.2, -0.15) is 0 Å². The van der Waals surface area contributed by atoms with E-state index >= 15 is 0 Å². The molecule has 0 aliphatic carbocycles. The molecule has 0 fully saturated rings. The van der Waals surface area contributed by atoms with E-state index in [1.54, 1.807) is 0 Å². The highest BCUT2D eigenvalue weighted by molar-refractivity contribution is 5.88. The third kappa shape index (κ3) is 6.11. The number of hydrogen-bond donors (Lipinski definition) is 4. The van der Waals surface area contributed by atoms with Crippen molar-refractivity contribution < 1.29 is 19.8 Å². The molecule has 0 atom stereocenters. The summed E-state index contributed by atoms with van der Waals surface area (Å²) in [4.78, 5) is 18.9. The molecule has 0 heterocycles. The molecule has 0 spiro atoms. The van der Waals surface area contributed by atoms with Crippen molar-refractivity contribution in [2.45, 2.75) is 6.42 Å². The second kappa shape index (κ2) is 7.54. The highest BCUT2D eigenvalue weighted by Gasteiger charge is 2.01. The van der Waals surface area contributed by atoms with Crippen LogP contribution in [0.25, 0.3) is 11.1 Å². The lowest BCUT2D eigenvalue weighted by Gasteiger charge is -2.02. The normalized spacial score (nSPS) is 9.33. The summed E-state index contributed by atoms with van der Waals surface area (Å²) in [5.74, 6) is -2.62. The topological polar surface area (TPSA) is 127 Å². The second-order valence-electron chi connectivity index (χ2n) is 4.21. The first-order valence-corrected chi connectivity index (χ1v) is 6.03. The molecule has 6 nitrogen and oxygen atoms in total. The molecular weight excluding hydrogens is 272 g/mol. The molecule has 0 aliphatic rings. The van der Waals surface area contributed by atoms with Gasteiger partial charge in [-0.1, -0.05) is 24.3 Å². The van der Waals surface area contributed by atoms with Gasteiger partial charge in [0.2, 0.25) is 0 Å². The maximum atomic E-state index is 9.43. The first-order chi connectivity index (χ1) is 9.88. The number of rotatable bonds is 3. The zero-order valence-corrected chi connectivity index (χ0v) is 11.2. The first-order valence-electron chi connectivity index (χ1n) is 6.03. The van der Waals surface area contributed by atoms with E-state index in [0.717, 1.165) is 22.5 Å². The number of nitrogen functional groups attached to an aromatic ring is 2. The Labute approximate surface area is 121 Å². The van der Waals surface area contributed by atoms with Gasteiger partial charge >= 0.3 is 11.9 Å². The van der Waals surface area contributed by atoms with Gasteiger partial charge in [0.25, 0.3) is 0 Å². The summed E-state index contributed by atoms with van der Waals surface area (Å²) in [6.45, 7) is 0. The lowest BCUT2D eigenvalue weighted by Crippen LogP contribution is -2.03. The van der Waals surface area contributed by atoms with Gasteiger partial charge in [-0.3, -0.25) is 9.59 Å². The summed E-state index contributed by atoms with van der Waals surface area (Å²) in [6, 6.07) is 15.6. The fourth-order valence-electron chi connectivity index (χ4n) is 1.48. The minimum Gasteiger partial charge on any atom is -0.481 e. The lowest BCUT2D eigenvalue weighted by molar-refractivity contribution is -0.147. The molecule has 0 saturated heterocycles. The Morgan fingerprint density at radius 2 is 1.00 bits per heavy atom. The van der Waals surface area contributed by atoms with E-state index in [0.29, 0.717) is 0 Å². The van der Waals surface area contributed by atoms with Crippen LogP contribution in [0.15, 0.2) is 48.5 Å². The zero-order valence-electron chi connectivity index (χ0n) is 11.2. The third-order valence-corrected chi connectivity index (χ3v) is 2.46. The highest BCUT2D eigenvalue weighted by Crippen LogP contribution is 2.21. The quantitative estimate of drug-likeness (QED) is 0.506. The molecule has 0 radical (unpaired) electrons. The van der Waals surface area contributed by atoms with E-state index in [1.165, 1.54) is 0 Å². The van der Waals surface area contributed by atoms with Crippen LogP contribution in [0.3, 0.4) is 0 Å². The van der Waals surface area contributed by atoms with Crippen LogP contribution in [0.2, 0.25) is 0 Å². The lowest BCUT2D eigenvalue weighted by atomic mass is 10.1. The molecule has 6 N–H and O–H groups in total. The minimum atomic E-state index is -1.31. The smallest absolute Gasteiger partial charge is 0.314 e. The summed E-state index contributed by atoms with van der Waals surface area (Å²) >= 11 is 0. The van der Waals surface area contributed by atoms with Crippen LogP contribution in [0.1, 0.15) is 6.42 Å². The molecule has 0 aromatic heterocycles. The van der Waals surface area contributed by atoms with Gasteiger partial charge in [0.05, 0.1) is 0 Å². The summed E-state index contributed by atoms with van der Waals surface area (Å²) in [5, 5.41) is 15.4. The van der Waals surface area contributed by atoms with Crippen molar-refractivity contribution in [2.75, 3.05) is 11.5 Å². The number of benzene rings is 2. The Balaban J connectivity index is 0.000000270. The molecule has 2 rings (SSSR count). The van der Waals surface area contributed by atoms with Crippen LogP contribution in [0.4, 0.5) is 11.4 Å². The molecule has 6 heteroatoms. The van der Waals surface area contributed by atoms with Gasteiger partial charge in [-0.15, -0.1) is 0 Å². The second-order valence-corrected chi connectivity index (χ2v) is 4.21. The number of hydrogen-bond acceptors (Lipinski definition) is 4. The number of anilines is 2. The van der Waals surface area contributed by atoms with Crippen LogP contribution in [-0.2, 0) is 9.59 Å². The highest BCUT2D eigenvalue weighted by atomic mass is 16.4. The minimum absolute atomic E-state index is 0.782. The van der Waals surface area contributed by atoms with Gasteiger partial charge in [-0.25, -0.2) is 0 Å². The zero-order chi connectivity index (χ0) is 15.8. The fraction of sp³-hybridized carbons (Fsp3) is 0.0667. The maximum Gasteiger partial charge on any atom is 0.314 e. The van der Waals surface area contributed by atoms with Crippen molar-refractivity contribution in [1.82, 2.24) is 0 Å². The molecule has 2 aromatic rings. The van der Waals surface area contributed by atoms with Crippen LogP contribution in [0, 0.1) is 0 Å². The van der Waals surface area contributed by atoms with Crippen LogP contribution >= 0.6 is 0 Å². The molecule has 2 aromatic carbocycles. The number of carboxylic acid groups (broad SMARTS) is 2. The van der Waals surface area contributed by atoms with Crippen molar-refractivity contribution in [1.29, 1.82) is 0 Å². The van der Waals surface area contributed by atoms with Crippen LogP contribution in [0.5, 0.6) is 0 Å². The summed E-state index contributed by atoms with van der Waals surface area (Å²) < 4.78 is 0. The third-order valence-electron chi connectivity index (χ3n) is 2.46. The van der Waals surface area contributed by atoms with Gasteiger partial charge < -0.3 is 21.7 Å². The molecule has 0 saturated carbocycles. The Hall–Kier alpha value is -3.02. The van der Waals surface area contributed by atoms with Crippen LogP contribution < -0.4 is 11.5 Å². The molecule has 21 heavy (non-hydrogen) atoms. The average Bonchev–Trinajstić information content (AvgIpc) is 2.40. The molecule has 110 valence electrons. The molecule has 0 amide bonds. The van der Waals surface area contributed by atoms with E-state index in [-0.39, 0.29) is 0 Å². The van der Waals surface area contributed by atoms with Crippen molar-refractivity contribution >= 4 is 23.3 Å². The predicted octanol–water partition coefficient (Wildman–Crippen LogP) is 2.06. The van der Waals surface area contributed by atoms with Crippen molar-refractivity contribution in [3.63, 3.8) is 0 Å². The number of carboxylic acids is 2.